The van der Waals surface area contributed by atoms with Crippen molar-refractivity contribution in [1.82, 2.24) is 9.13 Å². The lowest BCUT2D eigenvalue weighted by molar-refractivity contribution is 0.0403. The Bertz CT molecular complexity index is 754. The van der Waals surface area contributed by atoms with Gasteiger partial charge in [-0.15, -0.1) is 0 Å². The Balaban J connectivity index is 2.17. The first-order valence-corrected chi connectivity index (χ1v) is 8.17. The molecule has 1 unspecified atom stereocenters. The minimum atomic E-state index is -0.505. The molecule has 1 saturated carbocycles. The van der Waals surface area contributed by atoms with E-state index in [1.807, 2.05) is 12.1 Å². The fourth-order valence-corrected chi connectivity index (χ4v) is 4.13. The van der Waals surface area contributed by atoms with Crippen molar-refractivity contribution in [3.05, 3.63) is 32.7 Å². The highest BCUT2D eigenvalue weighted by Crippen LogP contribution is 2.48. The molecule has 114 valence electrons. The first-order valence-electron chi connectivity index (χ1n) is 7.38. The predicted octanol–water partition coefficient (Wildman–Crippen LogP) is 3.25. The molecule has 1 aliphatic carbocycles. The maximum absolute atomic E-state index is 12.0. The number of aryl methyl sites for hydroxylation is 2. The molecule has 0 amide bonds. The molecule has 4 nitrogen and oxygen atoms in total. The summed E-state index contributed by atoms with van der Waals surface area (Å²) in [5.41, 5.74) is 2.51. The van der Waals surface area contributed by atoms with E-state index in [0.717, 1.165) is 33.9 Å². The van der Waals surface area contributed by atoms with Crippen molar-refractivity contribution in [3.63, 3.8) is 0 Å². The molecule has 0 aliphatic heterocycles. The predicted molar refractivity (Wildman–Crippen MR) is 87.4 cm³/mol. The molecular weight excluding hydrogens is 332 g/mol. The number of imidazole rings is 1. The van der Waals surface area contributed by atoms with Crippen molar-refractivity contribution in [2.45, 2.75) is 38.7 Å². The number of nitrogens with zero attached hydrogens (tertiary/aromatic N) is 2. The van der Waals surface area contributed by atoms with Crippen LogP contribution in [0.4, 0.5) is 0 Å². The van der Waals surface area contributed by atoms with Crippen molar-refractivity contribution >= 4 is 27.0 Å². The zero-order valence-corrected chi connectivity index (χ0v) is 14.3. The molecule has 1 heterocycles. The average molecular weight is 353 g/mol. The lowest BCUT2D eigenvalue weighted by Gasteiger charge is -2.31. The van der Waals surface area contributed by atoms with Crippen LogP contribution in [0.5, 0.6) is 0 Å². The van der Waals surface area contributed by atoms with Crippen LogP contribution in [0.25, 0.3) is 11.0 Å². The van der Waals surface area contributed by atoms with Gasteiger partial charge in [0.05, 0.1) is 17.1 Å². The van der Waals surface area contributed by atoms with E-state index in [2.05, 4.69) is 22.9 Å². The maximum atomic E-state index is 12.0. The lowest BCUT2D eigenvalue weighted by atomic mass is 9.79. The van der Waals surface area contributed by atoms with Crippen molar-refractivity contribution in [2.24, 2.45) is 19.5 Å². The van der Waals surface area contributed by atoms with E-state index in [1.54, 1.807) is 23.2 Å². The quantitative estimate of drug-likeness (QED) is 0.901. The van der Waals surface area contributed by atoms with Crippen LogP contribution in [0, 0.1) is 5.41 Å². The highest BCUT2D eigenvalue weighted by molar-refractivity contribution is 9.10. The second kappa shape index (κ2) is 4.99. The van der Waals surface area contributed by atoms with Crippen LogP contribution in [-0.2, 0) is 14.1 Å². The average Bonchev–Trinajstić information content (AvgIpc) is 2.98. The zero-order chi connectivity index (χ0) is 15.4. The molecule has 0 saturated heterocycles. The first-order chi connectivity index (χ1) is 9.85. The molecule has 1 fully saturated rings. The minimum absolute atomic E-state index is 0.0457. The lowest BCUT2D eigenvalue weighted by Crippen LogP contribution is -2.22. The van der Waals surface area contributed by atoms with E-state index in [9.17, 15) is 9.90 Å². The molecule has 0 bridgehead atoms. The van der Waals surface area contributed by atoms with E-state index >= 15 is 0 Å². The second-order valence-corrected chi connectivity index (χ2v) is 7.38. The summed E-state index contributed by atoms with van der Waals surface area (Å²) < 4.78 is 4.14. The molecule has 21 heavy (non-hydrogen) atoms. The molecule has 1 N–H and O–H groups in total. The van der Waals surface area contributed by atoms with Gasteiger partial charge in [-0.1, -0.05) is 35.7 Å². The smallest absolute Gasteiger partial charge is 0.328 e. The van der Waals surface area contributed by atoms with Crippen molar-refractivity contribution in [1.29, 1.82) is 0 Å². The molecule has 1 atom stereocenters. The Morgan fingerprint density at radius 2 is 1.71 bits per heavy atom. The molecule has 1 aliphatic rings. The number of fused-ring (bicyclic) bond motifs is 1. The molecule has 3 rings (SSSR count). The molecule has 1 aromatic heterocycles. The standard InChI is InChI=1S/C16H21BrN2O2/c1-16(6-4-5-7-16)14(20)10-8-12-13(9-11(10)17)19(3)15(21)18(12)2/h8-9,14,20H,4-7H2,1-3H3. The van der Waals surface area contributed by atoms with Gasteiger partial charge in [-0.05, 0) is 36.0 Å². The van der Waals surface area contributed by atoms with Crippen LogP contribution >= 0.6 is 15.9 Å². The summed E-state index contributed by atoms with van der Waals surface area (Å²) in [5.74, 6) is 0. The fraction of sp³-hybridized carbons (Fsp3) is 0.562. The molecule has 1 aromatic carbocycles. The van der Waals surface area contributed by atoms with E-state index in [0.29, 0.717) is 0 Å². The number of aliphatic hydroxyl groups is 1. The van der Waals surface area contributed by atoms with Crippen LogP contribution in [-0.4, -0.2) is 14.2 Å². The van der Waals surface area contributed by atoms with Gasteiger partial charge in [0.15, 0.2) is 0 Å². The number of rotatable bonds is 2. The van der Waals surface area contributed by atoms with Gasteiger partial charge in [-0.3, -0.25) is 9.13 Å². The Hall–Kier alpha value is -1.07. The first kappa shape index (κ1) is 14.9. The van der Waals surface area contributed by atoms with Crippen molar-refractivity contribution in [2.75, 3.05) is 0 Å². The number of aliphatic hydroxyl groups excluding tert-OH is 1. The van der Waals surface area contributed by atoms with Crippen LogP contribution < -0.4 is 5.69 Å². The minimum Gasteiger partial charge on any atom is -0.388 e. The van der Waals surface area contributed by atoms with Gasteiger partial charge in [0.25, 0.3) is 0 Å². The zero-order valence-electron chi connectivity index (χ0n) is 12.7. The summed E-state index contributed by atoms with van der Waals surface area (Å²) in [6.07, 6.45) is 3.95. The number of halogens is 1. The summed E-state index contributed by atoms with van der Waals surface area (Å²) in [6.45, 7) is 2.16. The fourth-order valence-electron chi connectivity index (χ4n) is 3.58. The summed E-state index contributed by atoms with van der Waals surface area (Å²) in [7, 11) is 3.54. The monoisotopic (exact) mass is 352 g/mol. The SMILES string of the molecule is Cn1c(=O)n(C)c2cc(C(O)C3(C)CCCC3)c(Br)cc21. The van der Waals surface area contributed by atoms with Gasteiger partial charge in [0.1, 0.15) is 0 Å². The normalized spacial score (nSPS) is 19.3. The Kier molecular flexibility index (Phi) is 3.53. The van der Waals surface area contributed by atoms with Crippen LogP contribution in [0.3, 0.4) is 0 Å². The van der Waals surface area contributed by atoms with E-state index in [1.165, 1.54) is 12.8 Å². The second-order valence-electron chi connectivity index (χ2n) is 6.53. The van der Waals surface area contributed by atoms with E-state index in [-0.39, 0.29) is 11.1 Å². The molecule has 5 heteroatoms. The van der Waals surface area contributed by atoms with Gasteiger partial charge in [0, 0.05) is 18.6 Å². The Morgan fingerprint density at radius 1 is 1.19 bits per heavy atom. The summed E-state index contributed by atoms with van der Waals surface area (Å²) >= 11 is 3.57. The van der Waals surface area contributed by atoms with E-state index < -0.39 is 6.10 Å². The van der Waals surface area contributed by atoms with Gasteiger partial charge in [0.2, 0.25) is 0 Å². The Labute approximate surface area is 132 Å². The highest BCUT2D eigenvalue weighted by Gasteiger charge is 2.37. The number of hydrogen-bond acceptors (Lipinski definition) is 2. The Morgan fingerprint density at radius 3 is 2.29 bits per heavy atom. The molecule has 2 aromatic rings. The van der Waals surface area contributed by atoms with Crippen molar-refractivity contribution < 1.29 is 5.11 Å². The number of benzene rings is 1. The highest BCUT2D eigenvalue weighted by atomic mass is 79.9. The maximum Gasteiger partial charge on any atom is 0.328 e. The topological polar surface area (TPSA) is 47.2 Å². The van der Waals surface area contributed by atoms with Crippen LogP contribution in [0.15, 0.2) is 21.4 Å². The molecular formula is C16H21BrN2O2. The summed E-state index contributed by atoms with van der Waals surface area (Å²) in [5, 5.41) is 10.9. The largest absolute Gasteiger partial charge is 0.388 e. The summed E-state index contributed by atoms with van der Waals surface area (Å²) in [6, 6.07) is 3.89. The molecule has 0 radical (unpaired) electrons. The third kappa shape index (κ3) is 2.18. The number of hydrogen-bond donors (Lipinski definition) is 1. The van der Waals surface area contributed by atoms with Gasteiger partial charge >= 0.3 is 5.69 Å². The number of aromatic nitrogens is 2. The van der Waals surface area contributed by atoms with Gasteiger partial charge in [-0.2, -0.15) is 0 Å². The van der Waals surface area contributed by atoms with Gasteiger partial charge < -0.3 is 5.11 Å². The summed E-state index contributed by atoms with van der Waals surface area (Å²) in [4.78, 5) is 12.0. The van der Waals surface area contributed by atoms with E-state index in [4.69, 9.17) is 0 Å². The third-order valence-electron chi connectivity index (χ3n) is 5.09. The van der Waals surface area contributed by atoms with Gasteiger partial charge in [-0.25, -0.2) is 4.79 Å². The van der Waals surface area contributed by atoms with Crippen molar-refractivity contribution in [3.8, 4) is 0 Å². The van der Waals surface area contributed by atoms with Crippen LogP contribution in [0.1, 0.15) is 44.3 Å². The molecule has 0 spiro atoms. The third-order valence-corrected chi connectivity index (χ3v) is 5.78. The van der Waals surface area contributed by atoms with Crippen LogP contribution in [0.2, 0.25) is 0 Å².